The van der Waals surface area contributed by atoms with Crippen LogP contribution >= 0.6 is 0 Å². The van der Waals surface area contributed by atoms with E-state index in [1.165, 1.54) is 6.20 Å². The first-order valence-corrected chi connectivity index (χ1v) is 14.2. The number of para-hydroxylation sites is 1. The highest BCUT2D eigenvalue weighted by Gasteiger charge is 2.40. The summed E-state index contributed by atoms with van der Waals surface area (Å²) < 4.78 is 40.9. The summed E-state index contributed by atoms with van der Waals surface area (Å²) >= 11 is 0. The van der Waals surface area contributed by atoms with Gasteiger partial charge in [-0.05, 0) is 61.9 Å². The van der Waals surface area contributed by atoms with Crippen LogP contribution in [0.3, 0.4) is 0 Å². The van der Waals surface area contributed by atoms with Gasteiger partial charge in [-0.25, -0.2) is 9.78 Å². The summed E-state index contributed by atoms with van der Waals surface area (Å²) in [5.41, 5.74) is 1.34. The first kappa shape index (κ1) is 27.7. The van der Waals surface area contributed by atoms with Gasteiger partial charge in [-0.15, -0.1) is 0 Å². The molecular formula is C30H32F2N6O4. The Labute approximate surface area is 242 Å². The van der Waals surface area contributed by atoms with Gasteiger partial charge in [-0.3, -0.25) is 9.69 Å². The number of alkyl halides is 2. The van der Waals surface area contributed by atoms with Gasteiger partial charge in [0.05, 0.1) is 11.9 Å². The third-order valence-corrected chi connectivity index (χ3v) is 7.95. The standard InChI is InChI=1S/C30H32F2N6O4/c1-2-30(31,32)26-25(42-28(35-26)38-14-13-20-7-3-6-10-23(20)38)27(39)34-21-11-12-24(33-19-21)36-15-17-37(18-16-36)29(40)41-22-8-4-5-9-22/h2-3,6-7,10-12,19,22H,1,4-5,8-9,13-18H2,(H,34,39). The zero-order valence-corrected chi connectivity index (χ0v) is 23.1. The van der Waals surface area contributed by atoms with Gasteiger partial charge in [0.25, 0.3) is 5.91 Å². The van der Waals surface area contributed by atoms with Crippen molar-refractivity contribution in [3.8, 4) is 0 Å². The Bertz CT molecular complexity index is 1460. The van der Waals surface area contributed by atoms with E-state index in [-0.39, 0.29) is 18.2 Å². The van der Waals surface area contributed by atoms with E-state index >= 15 is 0 Å². The van der Waals surface area contributed by atoms with E-state index in [0.717, 1.165) is 36.9 Å². The van der Waals surface area contributed by atoms with Gasteiger partial charge in [-0.2, -0.15) is 13.8 Å². The maximum atomic E-state index is 14.8. The molecule has 12 heteroatoms. The summed E-state index contributed by atoms with van der Waals surface area (Å²) in [6.45, 7) is 5.89. The predicted molar refractivity (Wildman–Crippen MR) is 152 cm³/mol. The molecule has 1 saturated carbocycles. The van der Waals surface area contributed by atoms with Crippen molar-refractivity contribution in [2.24, 2.45) is 0 Å². The molecule has 3 aromatic rings. The zero-order chi connectivity index (χ0) is 29.3. The van der Waals surface area contributed by atoms with Crippen LogP contribution in [0.15, 0.2) is 59.7 Å². The van der Waals surface area contributed by atoms with Crippen LogP contribution in [0, 0.1) is 0 Å². The van der Waals surface area contributed by atoms with Gasteiger partial charge in [-0.1, -0.05) is 24.8 Å². The fraction of sp³-hybridized carbons (Fsp3) is 0.400. The topological polar surface area (TPSA) is 104 Å². The summed E-state index contributed by atoms with van der Waals surface area (Å²) in [5.74, 6) is -4.38. The maximum absolute atomic E-state index is 14.8. The number of carbonyl (C=O) groups excluding carboxylic acids is 2. The van der Waals surface area contributed by atoms with Gasteiger partial charge < -0.3 is 24.3 Å². The molecule has 1 N–H and O–H groups in total. The molecule has 4 heterocycles. The summed E-state index contributed by atoms with van der Waals surface area (Å²) in [5, 5.41) is 2.60. The molecule has 10 nitrogen and oxygen atoms in total. The predicted octanol–water partition coefficient (Wildman–Crippen LogP) is 5.50. The minimum atomic E-state index is -3.58. The quantitative estimate of drug-likeness (QED) is 0.367. The smallest absolute Gasteiger partial charge is 0.410 e. The molecule has 1 aromatic carbocycles. The van der Waals surface area contributed by atoms with Crippen molar-refractivity contribution < 1.29 is 27.5 Å². The second-order valence-electron chi connectivity index (χ2n) is 10.7. The lowest BCUT2D eigenvalue weighted by Gasteiger charge is -2.35. The molecule has 0 spiro atoms. The molecule has 1 aliphatic carbocycles. The molecule has 2 aliphatic heterocycles. The summed E-state index contributed by atoms with van der Waals surface area (Å²) in [6.07, 6.45) is 6.42. The van der Waals surface area contributed by atoms with E-state index in [1.54, 1.807) is 21.9 Å². The van der Waals surface area contributed by atoms with E-state index in [2.05, 4.69) is 21.9 Å². The molecule has 1 saturated heterocycles. The fourth-order valence-corrected chi connectivity index (χ4v) is 5.61. The summed E-state index contributed by atoms with van der Waals surface area (Å²) in [6, 6.07) is 10.8. The van der Waals surface area contributed by atoms with Crippen LogP contribution < -0.4 is 15.1 Å². The molecule has 0 bridgehead atoms. The first-order chi connectivity index (χ1) is 20.3. The second kappa shape index (κ2) is 11.4. The molecule has 220 valence electrons. The number of pyridine rings is 1. The fourth-order valence-electron chi connectivity index (χ4n) is 5.61. The van der Waals surface area contributed by atoms with Crippen LogP contribution in [0.4, 0.5) is 36.8 Å². The average molecular weight is 579 g/mol. The number of piperazine rings is 1. The molecule has 2 aromatic heterocycles. The maximum Gasteiger partial charge on any atom is 0.410 e. The normalized spacial score (nSPS) is 17.3. The lowest BCUT2D eigenvalue weighted by atomic mass is 10.2. The van der Waals surface area contributed by atoms with Crippen LogP contribution in [0.2, 0.25) is 0 Å². The number of nitrogens with zero attached hydrogens (tertiary/aromatic N) is 5. The van der Waals surface area contributed by atoms with Crippen LogP contribution in [0.25, 0.3) is 0 Å². The number of rotatable bonds is 7. The lowest BCUT2D eigenvalue weighted by molar-refractivity contribution is 0.0456. The molecule has 3 aliphatic rings. The van der Waals surface area contributed by atoms with Crippen molar-refractivity contribution in [2.75, 3.05) is 47.8 Å². The van der Waals surface area contributed by atoms with E-state index in [1.807, 2.05) is 29.2 Å². The Balaban J connectivity index is 1.11. The number of carbonyl (C=O) groups is 2. The number of ether oxygens (including phenoxy) is 1. The van der Waals surface area contributed by atoms with E-state index in [0.29, 0.717) is 56.7 Å². The molecule has 42 heavy (non-hydrogen) atoms. The molecule has 0 radical (unpaired) electrons. The number of fused-ring (bicyclic) bond motifs is 1. The third-order valence-electron chi connectivity index (χ3n) is 7.95. The first-order valence-electron chi connectivity index (χ1n) is 14.2. The van der Waals surface area contributed by atoms with Crippen LogP contribution in [-0.4, -0.2) is 65.7 Å². The monoisotopic (exact) mass is 578 g/mol. The summed E-state index contributed by atoms with van der Waals surface area (Å²) in [4.78, 5) is 39.5. The number of amides is 2. The van der Waals surface area contributed by atoms with Crippen molar-refractivity contribution >= 4 is 35.2 Å². The minimum Gasteiger partial charge on any atom is -0.446 e. The second-order valence-corrected chi connectivity index (χ2v) is 10.7. The van der Waals surface area contributed by atoms with Gasteiger partial charge in [0.1, 0.15) is 11.9 Å². The number of aromatic nitrogens is 2. The number of anilines is 4. The number of allylic oxidation sites excluding steroid dienone is 1. The van der Waals surface area contributed by atoms with Crippen molar-refractivity contribution in [1.29, 1.82) is 0 Å². The molecule has 0 atom stereocenters. The number of oxazole rings is 1. The van der Waals surface area contributed by atoms with E-state index in [4.69, 9.17) is 9.15 Å². The third kappa shape index (κ3) is 5.53. The van der Waals surface area contributed by atoms with Crippen LogP contribution in [0.5, 0.6) is 0 Å². The SMILES string of the molecule is C=CC(F)(F)c1nc(N2CCc3ccccc32)oc1C(=O)Nc1ccc(N2CCN(C(=O)OC3CCCC3)CC2)nc1. The minimum absolute atomic E-state index is 0.0273. The van der Waals surface area contributed by atoms with Gasteiger partial charge in [0.2, 0.25) is 5.76 Å². The lowest BCUT2D eigenvalue weighted by Crippen LogP contribution is -2.49. The van der Waals surface area contributed by atoms with Gasteiger partial charge in [0.15, 0.2) is 5.69 Å². The largest absolute Gasteiger partial charge is 0.446 e. The van der Waals surface area contributed by atoms with E-state index < -0.39 is 23.3 Å². The van der Waals surface area contributed by atoms with Gasteiger partial charge in [0, 0.05) is 38.4 Å². The highest BCUT2D eigenvalue weighted by atomic mass is 19.3. The zero-order valence-electron chi connectivity index (χ0n) is 23.1. The highest BCUT2D eigenvalue weighted by molar-refractivity contribution is 6.03. The van der Waals surface area contributed by atoms with Crippen molar-refractivity contribution in [3.05, 3.63) is 72.3 Å². The Morgan fingerprint density at radius 2 is 1.83 bits per heavy atom. The average Bonchev–Trinajstić information content (AvgIpc) is 3.78. The summed E-state index contributed by atoms with van der Waals surface area (Å²) in [7, 11) is 0. The van der Waals surface area contributed by atoms with E-state index in [9.17, 15) is 18.4 Å². The Kier molecular flexibility index (Phi) is 7.53. The van der Waals surface area contributed by atoms with Crippen molar-refractivity contribution in [2.45, 2.75) is 44.1 Å². The number of hydrogen-bond donors (Lipinski definition) is 1. The number of hydrogen-bond acceptors (Lipinski definition) is 8. The highest BCUT2D eigenvalue weighted by Crippen LogP contribution is 2.39. The molecule has 0 unspecified atom stereocenters. The Morgan fingerprint density at radius 3 is 2.55 bits per heavy atom. The number of benzene rings is 1. The molecular weight excluding hydrogens is 546 g/mol. The number of nitrogens with one attached hydrogen (secondary N) is 1. The van der Waals surface area contributed by atoms with Crippen LogP contribution in [-0.2, 0) is 17.1 Å². The van der Waals surface area contributed by atoms with Crippen molar-refractivity contribution in [3.63, 3.8) is 0 Å². The van der Waals surface area contributed by atoms with Crippen molar-refractivity contribution in [1.82, 2.24) is 14.9 Å². The Morgan fingerprint density at radius 1 is 1.07 bits per heavy atom. The number of halogens is 2. The van der Waals surface area contributed by atoms with Gasteiger partial charge >= 0.3 is 18.0 Å². The Hall–Kier alpha value is -4.48. The molecule has 2 fully saturated rings. The molecule has 6 rings (SSSR count). The van der Waals surface area contributed by atoms with Crippen LogP contribution in [0.1, 0.15) is 47.5 Å². The molecule has 2 amide bonds.